The Balaban J connectivity index is 3.01. The smallest absolute Gasteiger partial charge is 0.335 e. The van der Waals surface area contributed by atoms with E-state index in [1.807, 2.05) is 0 Å². The molecule has 0 radical (unpaired) electrons. The lowest BCUT2D eigenvalue weighted by molar-refractivity contribution is -0.128. The van der Waals surface area contributed by atoms with Crippen molar-refractivity contribution >= 4 is 17.6 Å². The molecule has 0 aromatic heterocycles. The first-order chi connectivity index (χ1) is 6.54. The zero-order chi connectivity index (χ0) is 10.7. The minimum Gasteiger partial charge on any atom is -0.423 e. The second kappa shape index (κ2) is 4.19. The maximum atomic E-state index is 12.8. The van der Waals surface area contributed by atoms with Crippen molar-refractivity contribution in [1.29, 1.82) is 0 Å². The summed E-state index contributed by atoms with van der Waals surface area (Å²) >= 11 is 5.21. The molecule has 0 amide bonds. The van der Waals surface area contributed by atoms with E-state index in [2.05, 4.69) is 11.3 Å². The topological polar surface area (TPSA) is 26.3 Å². The van der Waals surface area contributed by atoms with Crippen molar-refractivity contribution in [3.8, 4) is 5.75 Å². The first kappa shape index (κ1) is 10.7. The van der Waals surface area contributed by atoms with E-state index in [-0.39, 0.29) is 5.75 Å². The second-order valence-electron chi connectivity index (χ2n) is 2.33. The van der Waals surface area contributed by atoms with Gasteiger partial charge in [-0.2, -0.15) is 0 Å². The summed E-state index contributed by atoms with van der Waals surface area (Å²) in [6, 6.07) is 1.62. The van der Waals surface area contributed by atoms with E-state index in [9.17, 15) is 13.6 Å². The molecule has 0 bridgehead atoms. The first-order valence-electron chi connectivity index (χ1n) is 3.53. The molecule has 74 valence electrons. The molecule has 0 spiro atoms. The Morgan fingerprint density at radius 1 is 1.43 bits per heavy atom. The summed E-state index contributed by atoms with van der Waals surface area (Å²) in [6.45, 7) is 3.13. The number of hydrogen-bond donors (Lipinski definition) is 0. The minimum absolute atomic E-state index is 0.255. The van der Waals surface area contributed by atoms with E-state index in [0.717, 1.165) is 18.2 Å². The Hall–Kier alpha value is -1.42. The van der Waals surface area contributed by atoms with E-state index in [4.69, 9.17) is 11.6 Å². The number of carbonyl (C=O) groups excluding carboxylic acids is 1. The Morgan fingerprint density at radius 2 is 1.93 bits per heavy atom. The largest absolute Gasteiger partial charge is 0.423 e. The monoisotopic (exact) mass is 218 g/mol. The highest BCUT2D eigenvalue weighted by atomic mass is 35.5. The van der Waals surface area contributed by atoms with Gasteiger partial charge >= 0.3 is 5.97 Å². The number of halogens is 3. The van der Waals surface area contributed by atoms with Gasteiger partial charge in [-0.3, -0.25) is 0 Å². The van der Waals surface area contributed by atoms with E-state index in [0.29, 0.717) is 0 Å². The van der Waals surface area contributed by atoms with Gasteiger partial charge in [0.05, 0.1) is 0 Å². The molecule has 14 heavy (non-hydrogen) atoms. The van der Waals surface area contributed by atoms with E-state index >= 15 is 0 Å². The Labute approximate surface area is 83.7 Å². The fourth-order valence-electron chi connectivity index (χ4n) is 0.749. The number of rotatable bonds is 2. The van der Waals surface area contributed by atoms with Gasteiger partial charge in [0.1, 0.15) is 22.4 Å². The maximum Gasteiger partial charge on any atom is 0.335 e. The standard InChI is InChI=1S/C9H5ClF2O2/c1-2-8(13)14-5-3-6(11)9(10)7(12)4-5/h2-4H,1H2. The van der Waals surface area contributed by atoms with Gasteiger partial charge in [0, 0.05) is 18.2 Å². The third-order valence-electron chi connectivity index (χ3n) is 1.34. The predicted molar refractivity (Wildman–Crippen MR) is 47.2 cm³/mol. The summed E-state index contributed by atoms with van der Waals surface area (Å²) < 4.78 is 30.1. The summed E-state index contributed by atoms with van der Waals surface area (Å²) in [7, 11) is 0. The van der Waals surface area contributed by atoms with Crippen LogP contribution in [0, 0.1) is 11.6 Å². The lowest BCUT2D eigenvalue weighted by Crippen LogP contribution is -2.03. The van der Waals surface area contributed by atoms with Crippen LogP contribution in [-0.4, -0.2) is 5.97 Å². The van der Waals surface area contributed by atoms with Crippen molar-refractivity contribution in [2.45, 2.75) is 0 Å². The highest BCUT2D eigenvalue weighted by Crippen LogP contribution is 2.24. The molecule has 0 unspecified atom stereocenters. The minimum atomic E-state index is -0.987. The molecule has 0 fully saturated rings. The van der Waals surface area contributed by atoms with E-state index < -0.39 is 22.6 Å². The zero-order valence-corrected chi connectivity index (χ0v) is 7.65. The molecule has 2 nitrogen and oxygen atoms in total. The molecule has 1 aromatic rings. The fourth-order valence-corrected chi connectivity index (χ4v) is 0.858. The first-order valence-corrected chi connectivity index (χ1v) is 3.91. The summed E-state index contributed by atoms with van der Waals surface area (Å²) in [5, 5.41) is -0.636. The highest BCUT2D eigenvalue weighted by Gasteiger charge is 2.10. The van der Waals surface area contributed by atoms with Crippen molar-refractivity contribution in [2.24, 2.45) is 0 Å². The molecule has 1 rings (SSSR count). The predicted octanol–water partition coefficient (Wildman–Crippen LogP) is 2.71. The average Bonchev–Trinajstić information content (AvgIpc) is 2.14. The van der Waals surface area contributed by atoms with Crippen LogP contribution in [0.15, 0.2) is 24.8 Å². The van der Waals surface area contributed by atoms with Crippen LogP contribution in [-0.2, 0) is 4.79 Å². The van der Waals surface area contributed by atoms with E-state index in [1.165, 1.54) is 0 Å². The zero-order valence-electron chi connectivity index (χ0n) is 6.89. The average molecular weight is 219 g/mol. The molecular formula is C9H5ClF2O2. The van der Waals surface area contributed by atoms with Crippen molar-refractivity contribution < 1.29 is 18.3 Å². The molecular weight excluding hydrogens is 214 g/mol. The van der Waals surface area contributed by atoms with Crippen molar-refractivity contribution in [3.63, 3.8) is 0 Å². The lowest BCUT2D eigenvalue weighted by atomic mass is 10.3. The Morgan fingerprint density at radius 3 is 2.36 bits per heavy atom. The van der Waals surface area contributed by atoms with Gasteiger partial charge in [-0.15, -0.1) is 0 Å². The van der Waals surface area contributed by atoms with Crippen LogP contribution in [0.2, 0.25) is 5.02 Å². The molecule has 0 heterocycles. The molecule has 0 saturated carbocycles. The van der Waals surface area contributed by atoms with Gasteiger partial charge in [-0.05, 0) is 0 Å². The summed E-state index contributed by atoms with van der Waals surface area (Å²) in [6.07, 6.45) is 0.879. The highest BCUT2D eigenvalue weighted by molar-refractivity contribution is 6.30. The number of benzene rings is 1. The normalized spacial score (nSPS) is 9.64. The lowest BCUT2D eigenvalue weighted by Gasteiger charge is -2.02. The molecule has 0 atom stereocenters. The van der Waals surface area contributed by atoms with Crippen molar-refractivity contribution in [2.75, 3.05) is 0 Å². The molecule has 0 saturated heterocycles. The van der Waals surface area contributed by atoms with Gasteiger partial charge in [0.15, 0.2) is 0 Å². The quantitative estimate of drug-likeness (QED) is 0.330. The number of esters is 1. The van der Waals surface area contributed by atoms with Gasteiger partial charge in [0.25, 0.3) is 0 Å². The Kier molecular flexibility index (Phi) is 3.19. The second-order valence-corrected chi connectivity index (χ2v) is 2.70. The number of hydrogen-bond acceptors (Lipinski definition) is 2. The van der Waals surface area contributed by atoms with Crippen molar-refractivity contribution in [1.82, 2.24) is 0 Å². The fraction of sp³-hybridized carbons (Fsp3) is 0. The van der Waals surface area contributed by atoms with Gasteiger partial charge in [-0.25, -0.2) is 13.6 Å². The van der Waals surface area contributed by atoms with Crippen LogP contribution in [0.25, 0.3) is 0 Å². The summed E-state index contributed by atoms with van der Waals surface area (Å²) in [4.78, 5) is 10.7. The summed E-state index contributed by atoms with van der Waals surface area (Å²) in [5.41, 5.74) is 0. The maximum absolute atomic E-state index is 12.8. The third-order valence-corrected chi connectivity index (χ3v) is 1.70. The van der Waals surface area contributed by atoms with Crippen LogP contribution in [0.5, 0.6) is 5.75 Å². The molecule has 0 aliphatic carbocycles. The SMILES string of the molecule is C=CC(=O)Oc1cc(F)c(Cl)c(F)c1. The molecule has 1 aromatic carbocycles. The van der Waals surface area contributed by atoms with Crippen molar-refractivity contribution in [3.05, 3.63) is 41.4 Å². The third kappa shape index (κ3) is 2.29. The molecule has 0 N–H and O–H groups in total. The Bertz CT molecular complexity index is 367. The summed E-state index contributed by atoms with van der Waals surface area (Å²) in [5.74, 6) is -3.03. The van der Waals surface area contributed by atoms with Crippen LogP contribution >= 0.6 is 11.6 Å². The molecule has 0 aliphatic rings. The van der Waals surface area contributed by atoms with Crippen LogP contribution in [0.4, 0.5) is 8.78 Å². The van der Waals surface area contributed by atoms with Gasteiger partial charge in [-0.1, -0.05) is 18.2 Å². The van der Waals surface area contributed by atoms with Crippen LogP contribution < -0.4 is 4.74 Å². The van der Waals surface area contributed by atoms with Crippen LogP contribution in [0.3, 0.4) is 0 Å². The molecule has 0 aliphatic heterocycles. The number of ether oxygens (including phenoxy) is 1. The van der Waals surface area contributed by atoms with Gasteiger partial charge in [0.2, 0.25) is 0 Å². The number of carbonyl (C=O) groups is 1. The van der Waals surface area contributed by atoms with Gasteiger partial charge < -0.3 is 4.74 Å². The molecule has 5 heteroatoms. The van der Waals surface area contributed by atoms with E-state index in [1.54, 1.807) is 0 Å². The van der Waals surface area contributed by atoms with Crippen LogP contribution in [0.1, 0.15) is 0 Å².